The van der Waals surface area contributed by atoms with Crippen LogP contribution in [0.25, 0.3) is 0 Å². The lowest BCUT2D eigenvalue weighted by molar-refractivity contribution is 0.372. The second-order valence-electron chi connectivity index (χ2n) is 7.21. The van der Waals surface area contributed by atoms with Gasteiger partial charge in [-0.25, -0.2) is 4.39 Å². The van der Waals surface area contributed by atoms with Gasteiger partial charge < -0.3 is 10.2 Å². The quantitative estimate of drug-likeness (QED) is 0.810. The third-order valence-electron chi connectivity index (χ3n) is 4.85. The molecule has 2 nitrogen and oxygen atoms in total. The van der Waals surface area contributed by atoms with Gasteiger partial charge in [-0.1, -0.05) is 27.2 Å². The van der Waals surface area contributed by atoms with Crippen molar-refractivity contribution in [3.8, 4) is 0 Å². The highest BCUT2D eigenvalue weighted by Gasteiger charge is 2.36. The number of nitrogens with zero attached hydrogens (tertiary/aromatic N) is 1. The van der Waals surface area contributed by atoms with Crippen LogP contribution in [0.15, 0.2) is 12.1 Å². The van der Waals surface area contributed by atoms with Crippen molar-refractivity contribution in [2.24, 2.45) is 0 Å². The van der Waals surface area contributed by atoms with Gasteiger partial charge in [0.15, 0.2) is 0 Å². The average molecular weight is 306 g/mol. The molecule has 3 heteroatoms. The van der Waals surface area contributed by atoms with Gasteiger partial charge in [0.1, 0.15) is 5.82 Å². The Labute approximate surface area is 135 Å². The normalized spacial score (nSPS) is 20.1. The summed E-state index contributed by atoms with van der Waals surface area (Å²) in [4.78, 5) is 2.42. The SMILES string of the molecule is CCCCN1c2cc(F)c(CNCC)cc2C(C)CC1(C)C. The zero-order valence-electron chi connectivity index (χ0n) is 14.8. The van der Waals surface area contributed by atoms with E-state index in [0.717, 1.165) is 37.2 Å². The molecule has 1 aromatic carbocycles. The maximum atomic E-state index is 14.5. The molecule has 0 aliphatic carbocycles. The van der Waals surface area contributed by atoms with Gasteiger partial charge in [-0.05, 0) is 56.8 Å². The van der Waals surface area contributed by atoms with E-state index in [-0.39, 0.29) is 11.4 Å². The van der Waals surface area contributed by atoms with E-state index < -0.39 is 0 Å². The maximum Gasteiger partial charge on any atom is 0.129 e. The minimum atomic E-state index is -0.0777. The van der Waals surface area contributed by atoms with E-state index in [4.69, 9.17) is 0 Å². The van der Waals surface area contributed by atoms with E-state index in [1.54, 1.807) is 6.07 Å². The van der Waals surface area contributed by atoms with Crippen LogP contribution in [0.3, 0.4) is 0 Å². The Bertz CT molecular complexity index is 510. The number of nitrogens with one attached hydrogen (secondary N) is 1. The van der Waals surface area contributed by atoms with Gasteiger partial charge in [0.05, 0.1) is 0 Å². The second-order valence-corrected chi connectivity index (χ2v) is 7.21. The molecular weight excluding hydrogens is 275 g/mol. The van der Waals surface area contributed by atoms with Gasteiger partial charge in [-0.2, -0.15) is 0 Å². The number of halogens is 1. The second kappa shape index (κ2) is 6.99. The molecule has 0 saturated carbocycles. The molecule has 1 unspecified atom stereocenters. The third kappa shape index (κ3) is 3.45. The highest BCUT2D eigenvalue weighted by molar-refractivity contribution is 5.61. The summed E-state index contributed by atoms with van der Waals surface area (Å²) >= 11 is 0. The molecule has 1 atom stereocenters. The monoisotopic (exact) mass is 306 g/mol. The lowest BCUT2D eigenvalue weighted by atomic mass is 9.79. The van der Waals surface area contributed by atoms with Gasteiger partial charge >= 0.3 is 0 Å². The summed E-state index contributed by atoms with van der Waals surface area (Å²) in [5.41, 5.74) is 3.30. The molecule has 0 amide bonds. The van der Waals surface area contributed by atoms with Crippen molar-refractivity contribution in [2.75, 3.05) is 18.0 Å². The first-order valence-corrected chi connectivity index (χ1v) is 8.71. The van der Waals surface area contributed by atoms with Gasteiger partial charge in [-0.15, -0.1) is 0 Å². The van der Waals surface area contributed by atoms with Crippen LogP contribution in [0, 0.1) is 5.82 Å². The number of hydrogen-bond donors (Lipinski definition) is 1. The molecule has 0 fully saturated rings. The smallest absolute Gasteiger partial charge is 0.129 e. The molecule has 1 N–H and O–H groups in total. The number of unbranched alkanes of at least 4 members (excludes halogenated alkanes) is 1. The van der Waals surface area contributed by atoms with E-state index >= 15 is 0 Å². The van der Waals surface area contributed by atoms with Gasteiger partial charge in [-0.3, -0.25) is 0 Å². The van der Waals surface area contributed by atoms with E-state index in [9.17, 15) is 4.39 Å². The topological polar surface area (TPSA) is 15.3 Å². The molecule has 1 heterocycles. The van der Waals surface area contributed by atoms with Crippen molar-refractivity contribution >= 4 is 5.69 Å². The van der Waals surface area contributed by atoms with Crippen LogP contribution in [0.2, 0.25) is 0 Å². The van der Waals surface area contributed by atoms with Crippen molar-refractivity contribution in [3.63, 3.8) is 0 Å². The van der Waals surface area contributed by atoms with E-state index in [2.05, 4.69) is 44.0 Å². The van der Waals surface area contributed by atoms with Crippen molar-refractivity contribution in [1.82, 2.24) is 5.32 Å². The minimum Gasteiger partial charge on any atom is -0.366 e. The summed E-state index contributed by atoms with van der Waals surface area (Å²) in [5, 5.41) is 3.24. The Morgan fingerprint density at radius 1 is 1.32 bits per heavy atom. The van der Waals surface area contributed by atoms with Crippen molar-refractivity contribution < 1.29 is 4.39 Å². The highest BCUT2D eigenvalue weighted by atomic mass is 19.1. The minimum absolute atomic E-state index is 0.0777. The van der Waals surface area contributed by atoms with Crippen molar-refractivity contribution in [3.05, 3.63) is 29.1 Å². The van der Waals surface area contributed by atoms with Gasteiger partial charge in [0, 0.05) is 29.9 Å². The number of fused-ring (bicyclic) bond motifs is 1. The molecule has 22 heavy (non-hydrogen) atoms. The summed E-state index contributed by atoms with van der Waals surface area (Å²) in [6.07, 6.45) is 3.44. The lowest BCUT2D eigenvalue weighted by Gasteiger charge is -2.48. The molecule has 124 valence electrons. The largest absolute Gasteiger partial charge is 0.366 e. The molecule has 2 rings (SSSR count). The summed E-state index contributed by atoms with van der Waals surface area (Å²) in [6.45, 7) is 13.6. The average Bonchev–Trinajstić information content (AvgIpc) is 2.44. The summed E-state index contributed by atoms with van der Waals surface area (Å²) in [5.74, 6) is 0.398. The molecule has 1 aromatic rings. The van der Waals surface area contributed by atoms with Gasteiger partial charge in [0.2, 0.25) is 0 Å². The lowest BCUT2D eigenvalue weighted by Crippen LogP contribution is -2.48. The Balaban J connectivity index is 2.41. The first-order valence-electron chi connectivity index (χ1n) is 8.71. The van der Waals surface area contributed by atoms with Crippen LogP contribution in [-0.4, -0.2) is 18.6 Å². The number of hydrogen-bond acceptors (Lipinski definition) is 2. The van der Waals surface area contributed by atoms with E-state index in [1.165, 1.54) is 12.0 Å². The Morgan fingerprint density at radius 3 is 2.68 bits per heavy atom. The zero-order valence-corrected chi connectivity index (χ0v) is 14.8. The molecule has 0 spiro atoms. The van der Waals surface area contributed by atoms with Crippen LogP contribution >= 0.6 is 0 Å². The van der Waals surface area contributed by atoms with Crippen LogP contribution in [0.1, 0.15) is 70.9 Å². The first kappa shape index (κ1) is 17.3. The zero-order chi connectivity index (χ0) is 16.3. The molecule has 1 aliphatic rings. The molecule has 0 bridgehead atoms. The van der Waals surface area contributed by atoms with Crippen LogP contribution in [0.5, 0.6) is 0 Å². The standard InChI is InChI=1S/C19H31FN2/c1-6-8-9-22-18-11-17(20)15(13-21-7-2)10-16(18)14(3)12-19(22,4)5/h10-11,14,21H,6-9,12-13H2,1-5H3. The highest BCUT2D eigenvalue weighted by Crippen LogP contribution is 2.44. The third-order valence-corrected chi connectivity index (χ3v) is 4.85. The fourth-order valence-electron chi connectivity index (χ4n) is 3.69. The fraction of sp³-hybridized carbons (Fsp3) is 0.684. The fourth-order valence-corrected chi connectivity index (χ4v) is 3.69. The molecule has 0 saturated heterocycles. The summed E-state index contributed by atoms with van der Waals surface area (Å²) in [7, 11) is 0. The first-order chi connectivity index (χ1) is 10.4. The van der Waals surface area contributed by atoms with Gasteiger partial charge in [0.25, 0.3) is 0 Å². The van der Waals surface area contributed by atoms with Crippen LogP contribution in [-0.2, 0) is 6.54 Å². The van der Waals surface area contributed by atoms with Crippen molar-refractivity contribution in [1.29, 1.82) is 0 Å². The number of benzene rings is 1. The number of anilines is 1. The Morgan fingerprint density at radius 2 is 2.05 bits per heavy atom. The predicted molar refractivity (Wildman–Crippen MR) is 93.1 cm³/mol. The maximum absolute atomic E-state index is 14.5. The van der Waals surface area contributed by atoms with E-state index in [0.29, 0.717) is 12.5 Å². The molecule has 1 aliphatic heterocycles. The summed E-state index contributed by atoms with van der Waals surface area (Å²) < 4.78 is 14.5. The molecule has 0 aromatic heterocycles. The van der Waals surface area contributed by atoms with Crippen LogP contribution in [0.4, 0.5) is 10.1 Å². The van der Waals surface area contributed by atoms with Crippen LogP contribution < -0.4 is 10.2 Å². The summed E-state index contributed by atoms with van der Waals surface area (Å²) in [6, 6.07) is 3.86. The van der Waals surface area contributed by atoms with E-state index in [1.807, 2.05) is 6.92 Å². The Kier molecular flexibility index (Phi) is 5.49. The predicted octanol–water partition coefficient (Wildman–Crippen LogP) is 4.83. The molecular formula is C19H31FN2. The van der Waals surface area contributed by atoms with Crippen molar-refractivity contribution in [2.45, 2.75) is 71.9 Å². The molecule has 0 radical (unpaired) electrons. The Hall–Kier alpha value is -1.09. The number of rotatable bonds is 6.